The van der Waals surface area contributed by atoms with Gasteiger partial charge in [-0.25, -0.2) is 5.43 Å². The summed E-state index contributed by atoms with van der Waals surface area (Å²) in [7, 11) is 0. The molecule has 0 radical (unpaired) electrons. The van der Waals surface area contributed by atoms with Crippen molar-refractivity contribution in [1.29, 1.82) is 0 Å². The van der Waals surface area contributed by atoms with Crippen LogP contribution in [0.4, 0.5) is 0 Å². The van der Waals surface area contributed by atoms with Crippen molar-refractivity contribution >= 4 is 69.4 Å². The second-order valence-electron chi connectivity index (χ2n) is 6.57. The van der Waals surface area contributed by atoms with Crippen LogP contribution in [0.2, 0.25) is 5.02 Å². The van der Waals surface area contributed by atoms with Crippen molar-refractivity contribution in [3.05, 3.63) is 76.8 Å². The molecule has 3 aromatic carbocycles. The number of thioether (sulfide) groups is 2. The first-order chi connectivity index (χ1) is 15.6. The lowest BCUT2D eigenvalue weighted by Gasteiger charge is -2.12. The highest BCUT2D eigenvalue weighted by Crippen LogP contribution is 2.29. The van der Waals surface area contributed by atoms with Gasteiger partial charge in [0.1, 0.15) is 0 Å². The Morgan fingerprint density at radius 3 is 2.81 bits per heavy atom. The number of H-pyrrole nitrogens is 1. The fourth-order valence-corrected chi connectivity index (χ4v) is 5.77. The quantitative estimate of drug-likeness (QED) is 0.220. The summed E-state index contributed by atoms with van der Waals surface area (Å²) in [6.07, 6.45) is 1.40. The molecule has 0 aliphatic carbocycles. The van der Waals surface area contributed by atoms with Gasteiger partial charge in [0.2, 0.25) is 4.34 Å². The highest BCUT2D eigenvalue weighted by Gasteiger charge is 2.13. The second-order valence-corrected chi connectivity index (χ2v) is 10.5. The number of benzene rings is 3. The number of fused-ring (bicyclic) bond motifs is 1. The number of hydrazone groups is 1. The number of halogens is 1. The number of carbonyl (C=O) groups excluding carboxylic acids is 1. The van der Waals surface area contributed by atoms with E-state index in [0.717, 1.165) is 30.2 Å². The largest absolute Gasteiger partial charge is 0.872 e. The van der Waals surface area contributed by atoms with Crippen LogP contribution in [0.5, 0.6) is 5.75 Å². The molecule has 4 rings (SSSR count). The normalized spacial score (nSPS) is 11.3. The van der Waals surface area contributed by atoms with Gasteiger partial charge in [-0.15, -0.1) is 0 Å². The zero-order valence-corrected chi connectivity index (χ0v) is 19.8. The lowest BCUT2D eigenvalue weighted by molar-refractivity contribution is -0.492. The first-order valence-corrected chi connectivity index (χ1v) is 12.6. The van der Waals surface area contributed by atoms with Gasteiger partial charge >= 0.3 is 4.34 Å². The predicted molar refractivity (Wildman–Crippen MR) is 130 cm³/mol. The molecule has 0 aliphatic heterocycles. The Hall–Kier alpha value is -2.59. The molecule has 0 fully saturated rings. The predicted octanol–water partition coefficient (Wildman–Crippen LogP) is 4.37. The van der Waals surface area contributed by atoms with Gasteiger partial charge in [-0.05, 0) is 57.1 Å². The van der Waals surface area contributed by atoms with E-state index in [1.54, 1.807) is 17.8 Å². The van der Waals surface area contributed by atoms with E-state index in [4.69, 9.17) is 11.6 Å². The monoisotopic (exact) mass is 500 g/mol. The van der Waals surface area contributed by atoms with E-state index < -0.39 is 0 Å². The Labute approximate surface area is 202 Å². The third kappa shape index (κ3) is 6.01. The molecule has 0 bridgehead atoms. The lowest BCUT2D eigenvalue weighted by atomic mass is 10.0. The number of hydrogen-bond donors (Lipinski definition) is 1. The molecule has 6 nitrogen and oxygen atoms in total. The number of amides is 1. The molecular weight excluding hydrogens is 484 g/mol. The van der Waals surface area contributed by atoms with Crippen molar-refractivity contribution in [1.82, 2.24) is 10.5 Å². The number of rotatable bonds is 8. The highest BCUT2D eigenvalue weighted by atomic mass is 35.5. The molecule has 1 aromatic heterocycles. The molecule has 32 heavy (non-hydrogen) atoms. The number of aromatic amines is 1. The van der Waals surface area contributed by atoms with E-state index in [2.05, 4.69) is 20.7 Å². The number of nitrogens with zero attached hydrogens (tertiary/aromatic N) is 2. The average molecular weight is 501 g/mol. The Morgan fingerprint density at radius 1 is 1.16 bits per heavy atom. The molecule has 0 spiro atoms. The summed E-state index contributed by atoms with van der Waals surface area (Å²) in [4.78, 5) is 12.1. The first-order valence-electron chi connectivity index (χ1n) is 9.48. The third-order valence-corrected chi connectivity index (χ3v) is 7.92. The fourth-order valence-electron chi connectivity index (χ4n) is 2.81. The van der Waals surface area contributed by atoms with Gasteiger partial charge in [-0.2, -0.15) is 5.10 Å². The second kappa shape index (κ2) is 10.8. The van der Waals surface area contributed by atoms with Crippen LogP contribution in [0.15, 0.2) is 74.4 Å². The SMILES string of the molecule is O=C(CSc1n[nH+]c(SCc2ccc(Cl)cc2)s1)N/N=C/c1c([O-])ccc2ccccc12. The maximum absolute atomic E-state index is 12.2. The molecule has 162 valence electrons. The molecule has 0 atom stereocenters. The zero-order valence-electron chi connectivity index (χ0n) is 16.6. The van der Waals surface area contributed by atoms with Crippen LogP contribution < -0.4 is 15.6 Å². The molecule has 1 heterocycles. The van der Waals surface area contributed by atoms with Crippen LogP contribution in [-0.4, -0.2) is 23.0 Å². The molecule has 10 heteroatoms. The standard InChI is InChI=1S/C22H17ClN4O2S3/c23-16-8-5-14(6-9-16)12-30-21-26-27-22(32-21)31-13-20(29)25-24-11-18-17-4-2-1-3-15(17)7-10-19(18)28/h1-11,28H,12-13H2,(H,25,29)/b24-11+. The van der Waals surface area contributed by atoms with Gasteiger partial charge in [0.15, 0.2) is 0 Å². The summed E-state index contributed by atoms with van der Waals surface area (Å²) in [5.74, 6) is 0.549. The maximum Gasteiger partial charge on any atom is 0.323 e. The summed E-state index contributed by atoms with van der Waals surface area (Å²) >= 11 is 10.4. The summed E-state index contributed by atoms with van der Waals surface area (Å²) in [6.45, 7) is 0. The number of aromatic nitrogens is 2. The molecular formula is C22H17ClN4O2S3. The van der Waals surface area contributed by atoms with Gasteiger partial charge in [0.25, 0.3) is 5.91 Å². The van der Waals surface area contributed by atoms with E-state index in [1.165, 1.54) is 40.9 Å². The zero-order chi connectivity index (χ0) is 22.3. The maximum atomic E-state index is 12.2. The van der Waals surface area contributed by atoms with Gasteiger partial charge < -0.3 is 5.11 Å². The average Bonchev–Trinajstić information content (AvgIpc) is 3.27. The van der Waals surface area contributed by atoms with Crippen LogP contribution in [0.3, 0.4) is 0 Å². The Kier molecular flexibility index (Phi) is 7.64. The van der Waals surface area contributed by atoms with Crippen molar-refractivity contribution in [2.24, 2.45) is 5.10 Å². The fraction of sp³-hybridized carbons (Fsp3) is 0.0909. The molecule has 0 saturated heterocycles. The van der Waals surface area contributed by atoms with Crippen LogP contribution in [-0.2, 0) is 10.5 Å². The van der Waals surface area contributed by atoms with E-state index >= 15 is 0 Å². The van der Waals surface area contributed by atoms with Gasteiger partial charge in [0, 0.05) is 15.9 Å². The third-order valence-electron chi connectivity index (χ3n) is 4.34. The minimum Gasteiger partial charge on any atom is -0.872 e. The number of nitrogens with one attached hydrogen (secondary N) is 2. The molecule has 0 unspecified atom stereocenters. The van der Waals surface area contributed by atoms with Crippen molar-refractivity contribution in [2.45, 2.75) is 14.4 Å². The van der Waals surface area contributed by atoms with Gasteiger partial charge in [-0.1, -0.05) is 82.7 Å². The number of hydrogen-bond acceptors (Lipinski definition) is 7. The minimum atomic E-state index is -0.274. The molecule has 4 aromatic rings. The van der Waals surface area contributed by atoms with Crippen LogP contribution in [0.25, 0.3) is 10.8 Å². The van der Waals surface area contributed by atoms with Gasteiger partial charge in [-0.3, -0.25) is 4.79 Å². The van der Waals surface area contributed by atoms with E-state index in [0.29, 0.717) is 5.56 Å². The molecule has 0 saturated carbocycles. The minimum absolute atomic E-state index is 0.141. The topological polar surface area (TPSA) is 91.6 Å². The summed E-state index contributed by atoms with van der Waals surface area (Å²) in [5.41, 5.74) is 4.09. The summed E-state index contributed by atoms with van der Waals surface area (Å²) in [5, 5.41) is 25.8. The molecule has 1 amide bonds. The first kappa shape index (κ1) is 22.6. The Balaban J connectivity index is 1.27. The Bertz CT molecular complexity index is 1260. The van der Waals surface area contributed by atoms with E-state index in [9.17, 15) is 9.90 Å². The van der Waals surface area contributed by atoms with Crippen LogP contribution in [0.1, 0.15) is 11.1 Å². The van der Waals surface area contributed by atoms with Crippen molar-refractivity contribution in [2.75, 3.05) is 5.75 Å². The van der Waals surface area contributed by atoms with Crippen molar-refractivity contribution in [3.63, 3.8) is 0 Å². The lowest BCUT2D eigenvalue weighted by Crippen LogP contribution is -2.19. The number of carbonyl (C=O) groups is 1. The van der Waals surface area contributed by atoms with E-state index in [-0.39, 0.29) is 17.4 Å². The molecule has 2 N–H and O–H groups in total. The highest BCUT2D eigenvalue weighted by molar-refractivity contribution is 8.03. The smallest absolute Gasteiger partial charge is 0.323 e. The van der Waals surface area contributed by atoms with Crippen LogP contribution >= 0.6 is 46.5 Å². The van der Waals surface area contributed by atoms with Crippen molar-refractivity contribution in [3.8, 4) is 5.75 Å². The Morgan fingerprint density at radius 2 is 1.97 bits per heavy atom. The van der Waals surface area contributed by atoms with Crippen LogP contribution in [0, 0.1) is 0 Å². The summed E-state index contributed by atoms with van der Waals surface area (Å²) in [6, 6.07) is 18.6. The van der Waals surface area contributed by atoms with Crippen molar-refractivity contribution < 1.29 is 15.0 Å². The molecule has 0 aliphatic rings. The van der Waals surface area contributed by atoms with E-state index in [1.807, 2.05) is 48.5 Å². The van der Waals surface area contributed by atoms with Gasteiger partial charge in [0.05, 0.1) is 12.0 Å². The summed E-state index contributed by atoms with van der Waals surface area (Å²) < 4.78 is 1.72.